The first-order valence-electron chi connectivity index (χ1n) is 15.2. The molecule has 0 radical (unpaired) electrons. The number of fused-ring (bicyclic) bond motifs is 1. The molecule has 1 aliphatic heterocycles. The number of aryl methyl sites for hydroxylation is 1. The van der Waals surface area contributed by atoms with Crippen LogP contribution in [0.2, 0.25) is 0 Å². The number of carbonyl (C=O) groups is 4. The summed E-state index contributed by atoms with van der Waals surface area (Å²) in [6.07, 6.45) is 0. The Balaban J connectivity index is 1.64. The van der Waals surface area contributed by atoms with Crippen molar-refractivity contribution in [1.29, 1.82) is 0 Å². The number of hydrogen-bond donors (Lipinski definition) is 1. The molecule has 1 heterocycles. The Morgan fingerprint density at radius 3 is 2.06 bits per heavy atom. The van der Waals surface area contributed by atoms with Crippen LogP contribution in [-0.4, -0.2) is 70.4 Å². The summed E-state index contributed by atoms with van der Waals surface area (Å²) in [4.78, 5) is 59.5. The Morgan fingerprint density at radius 1 is 0.833 bits per heavy atom. The van der Waals surface area contributed by atoms with Gasteiger partial charge in [0.25, 0.3) is 17.6 Å². The zero-order valence-corrected chi connectivity index (χ0v) is 27.8. The first-order chi connectivity index (χ1) is 23.1. The van der Waals surface area contributed by atoms with Gasteiger partial charge in [-0.2, -0.15) is 0 Å². The molecule has 5 rings (SSSR count). The zero-order chi connectivity index (χ0) is 34.5. The lowest BCUT2D eigenvalue weighted by Crippen LogP contribution is -2.46. The number of Topliss-reactive ketones (excluding diaryl/α,β-unsaturated/α-hetero) is 1. The van der Waals surface area contributed by atoms with E-state index in [1.807, 2.05) is 62.3 Å². The van der Waals surface area contributed by atoms with Crippen molar-refractivity contribution in [3.05, 3.63) is 107 Å². The predicted octanol–water partition coefficient (Wildman–Crippen LogP) is 5.02. The summed E-state index contributed by atoms with van der Waals surface area (Å²) >= 11 is 0. The SMILES string of the molecule is COc1cc(C(C(=O)Nc2ccc(N(C)C)cc2)N(Cc2ccccc2C)C(=O)CN2C(=O)C(=O)c3ccccc32)cc(OC)c1OC. The normalized spacial score (nSPS) is 12.7. The first-order valence-corrected chi connectivity index (χ1v) is 15.2. The molecule has 4 aromatic rings. The highest BCUT2D eigenvalue weighted by molar-refractivity contribution is 6.52. The predicted molar refractivity (Wildman–Crippen MR) is 183 cm³/mol. The van der Waals surface area contributed by atoms with Crippen LogP contribution in [0.15, 0.2) is 84.9 Å². The number of hydrogen-bond acceptors (Lipinski definition) is 8. The number of nitrogens with zero attached hydrogens (tertiary/aromatic N) is 3. The van der Waals surface area contributed by atoms with E-state index in [-0.39, 0.29) is 23.6 Å². The molecule has 0 aliphatic carbocycles. The lowest BCUT2D eigenvalue weighted by molar-refractivity contribution is -0.139. The summed E-state index contributed by atoms with van der Waals surface area (Å²) in [5.74, 6) is -1.69. The fraction of sp³-hybridized carbons (Fsp3) is 0.243. The van der Waals surface area contributed by atoms with Crippen molar-refractivity contribution >= 4 is 40.6 Å². The van der Waals surface area contributed by atoms with Gasteiger partial charge in [0, 0.05) is 32.0 Å². The van der Waals surface area contributed by atoms with E-state index in [4.69, 9.17) is 14.2 Å². The smallest absolute Gasteiger partial charge is 0.299 e. The fourth-order valence-corrected chi connectivity index (χ4v) is 5.71. The van der Waals surface area contributed by atoms with Gasteiger partial charge >= 0.3 is 0 Å². The molecule has 48 heavy (non-hydrogen) atoms. The van der Waals surface area contributed by atoms with Gasteiger partial charge in [0.15, 0.2) is 11.5 Å². The van der Waals surface area contributed by atoms with Gasteiger partial charge in [0.1, 0.15) is 12.6 Å². The Bertz CT molecular complexity index is 1830. The Labute approximate surface area is 279 Å². The van der Waals surface area contributed by atoms with Crippen LogP contribution in [0.25, 0.3) is 0 Å². The van der Waals surface area contributed by atoms with Crippen molar-refractivity contribution < 1.29 is 33.4 Å². The number of methoxy groups -OCH3 is 3. The lowest BCUT2D eigenvalue weighted by atomic mass is 10.00. The monoisotopic (exact) mass is 650 g/mol. The van der Waals surface area contributed by atoms with E-state index in [0.717, 1.165) is 21.7 Å². The number of ketones is 1. The molecule has 1 atom stereocenters. The molecular formula is C37H38N4O7. The summed E-state index contributed by atoms with van der Waals surface area (Å²) < 4.78 is 16.8. The van der Waals surface area contributed by atoms with E-state index in [0.29, 0.717) is 22.7 Å². The van der Waals surface area contributed by atoms with Crippen LogP contribution in [0.5, 0.6) is 17.2 Å². The largest absolute Gasteiger partial charge is 0.493 e. The quantitative estimate of drug-likeness (QED) is 0.213. The van der Waals surface area contributed by atoms with Gasteiger partial charge in [0.05, 0.1) is 32.6 Å². The molecule has 0 aromatic heterocycles. The minimum absolute atomic E-state index is 0.0114. The summed E-state index contributed by atoms with van der Waals surface area (Å²) in [6.45, 7) is 1.45. The number of para-hydroxylation sites is 1. The summed E-state index contributed by atoms with van der Waals surface area (Å²) in [5, 5.41) is 2.97. The molecule has 0 fully saturated rings. The van der Waals surface area contributed by atoms with E-state index in [2.05, 4.69) is 5.32 Å². The number of anilines is 3. The third kappa shape index (κ3) is 6.66. The van der Waals surface area contributed by atoms with Gasteiger partial charge in [-0.05, 0) is 72.1 Å². The minimum atomic E-state index is -1.25. The number of ether oxygens (including phenoxy) is 3. The summed E-state index contributed by atoms with van der Waals surface area (Å²) in [5.41, 5.74) is 4.08. The van der Waals surface area contributed by atoms with Crippen LogP contribution in [0, 0.1) is 6.92 Å². The minimum Gasteiger partial charge on any atom is -0.493 e. The van der Waals surface area contributed by atoms with Crippen LogP contribution in [-0.2, 0) is 20.9 Å². The molecule has 4 aromatic carbocycles. The van der Waals surface area contributed by atoms with Gasteiger partial charge in [-0.3, -0.25) is 24.1 Å². The van der Waals surface area contributed by atoms with E-state index < -0.39 is 36.1 Å². The molecular weight excluding hydrogens is 612 g/mol. The summed E-state index contributed by atoms with van der Waals surface area (Å²) in [6, 6.07) is 23.4. The molecule has 11 heteroatoms. The van der Waals surface area contributed by atoms with Crippen LogP contribution >= 0.6 is 0 Å². The third-order valence-electron chi connectivity index (χ3n) is 8.31. The average Bonchev–Trinajstić information content (AvgIpc) is 3.33. The average molecular weight is 651 g/mol. The highest BCUT2D eigenvalue weighted by Crippen LogP contribution is 2.41. The van der Waals surface area contributed by atoms with Crippen molar-refractivity contribution in [2.45, 2.75) is 19.5 Å². The zero-order valence-electron chi connectivity index (χ0n) is 27.8. The highest BCUT2D eigenvalue weighted by atomic mass is 16.5. The van der Waals surface area contributed by atoms with Gasteiger partial charge in [-0.1, -0.05) is 36.4 Å². The van der Waals surface area contributed by atoms with E-state index >= 15 is 0 Å². The lowest BCUT2D eigenvalue weighted by Gasteiger charge is -2.33. The maximum Gasteiger partial charge on any atom is 0.299 e. The molecule has 248 valence electrons. The fourth-order valence-electron chi connectivity index (χ4n) is 5.71. The number of nitrogens with one attached hydrogen (secondary N) is 1. The van der Waals surface area contributed by atoms with Gasteiger partial charge in [-0.15, -0.1) is 0 Å². The van der Waals surface area contributed by atoms with Crippen molar-refractivity contribution in [3.63, 3.8) is 0 Å². The van der Waals surface area contributed by atoms with Crippen LogP contribution in [0.3, 0.4) is 0 Å². The van der Waals surface area contributed by atoms with Gasteiger partial charge in [-0.25, -0.2) is 0 Å². The number of benzene rings is 4. The molecule has 1 aliphatic rings. The molecule has 0 saturated heterocycles. The van der Waals surface area contributed by atoms with Crippen molar-refractivity contribution in [2.24, 2.45) is 0 Å². The standard InChI is InChI=1S/C37H38N4O7/c1-23-11-7-8-12-24(23)21-41(32(42)22-40-29-14-10-9-13-28(29)34(43)37(40)45)33(25-19-30(46-4)35(48-6)31(20-25)47-5)36(44)38-26-15-17-27(18-16-26)39(2)3/h7-20,33H,21-22H2,1-6H3,(H,38,44). The molecule has 1 N–H and O–H groups in total. The molecule has 0 spiro atoms. The molecule has 11 nitrogen and oxygen atoms in total. The second kappa shape index (κ2) is 14.3. The van der Waals surface area contributed by atoms with Crippen molar-refractivity contribution in [2.75, 3.05) is 57.1 Å². The van der Waals surface area contributed by atoms with E-state index in [9.17, 15) is 19.2 Å². The van der Waals surface area contributed by atoms with Crippen molar-refractivity contribution in [1.82, 2.24) is 4.90 Å². The Kier molecular flexibility index (Phi) is 9.98. The summed E-state index contributed by atoms with van der Waals surface area (Å²) in [7, 11) is 8.24. The molecule has 0 bridgehead atoms. The van der Waals surface area contributed by atoms with Crippen molar-refractivity contribution in [3.8, 4) is 17.2 Å². The third-order valence-corrected chi connectivity index (χ3v) is 8.31. The maximum atomic E-state index is 14.5. The number of amides is 3. The van der Waals surface area contributed by atoms with Gasteiger partial charge < -0.3 is 29.3 Å². The maximum absolute atomic E-state index is 14.5. The molecule has 3 amide bonds. The topological polar surface area (TPSA) is 118 Å². The van der Waals surface area contributed by atoms with Crippen LogP contribution in [0.4, 0.5) is 17.1 Å². The highest BCUT2D eigenvalue weighted by Gasteiger charge is 2.40. The second-order valence-electron chi connectivity index (χ2n) is 11.5. The van der Waals surface area contributed by atoms with E-state index in [1.54, 1.807) is 48.5 Å². The Hall–Kier alpha value is -5.84. The van der Waals surface area contributed by atoms with Gasteiger partial charge in [0.2, 0.25) is 11.7 Å². The number of carbonyl (C=O) groups excluding carboxylic acids is 4. The Morgan fingerprint density at radius 2 is 1.46 bits per heavy atom. The van der Waals surface area contributed by atoms with E-state index in [1.165, 1.54) is 26.2 Å². The molecule has 1 unspecified atom stereocenters. The second-order valence-corrected chi connectivity index (χ2v) is 11.5. The molecule has 0 saturated carbocycles. The first kappa shape index (κ1) is 33.5. The van der Waals surface area contributed by atoms with Crippen LogP contribution < -0.4 is 29.3 Å². The number of rotatable bonds is 12. The van der Waals surface area contributed by atoms with Crippen LogP contribution in [0.1, 0.15) is 33.1 Å².